The predicted octanol–water partition coefficient (Wildman–Crippen LogP) is 3.10. The number of hydrogen-bond donors (Lipinski definition) is 0. The maximum absolute atomic E-state index is 6.11. The summed E-state index contributed by atoms with van der Waals surface area (Å²) in [7, 11) is 2.25. The van der Waals surface area contributed by atoms with Crippen LogP contribution in [0.15, 0.2) is 30.5 Å². The molecule has 4 rings (SSSR count). The second-order valence-electron chi connectivity index (χ2n) is 7.07. The SMILES string of the molecule is CN1CCCC(N2CCN(c3ccnc4cc(Cl)ccc34)CC2)C1. The number of aromatic nitrogens is 1. The molecule has 0 bridgehead atoms. The summed E-state index contributed by atoms with van der Waals surface area (Å²) in [6.07, 6.45) is 4.58. The minimum absolute atomic E-state index is 0.735. The smallest absolute Gasteiger partial charge is 0.0737 e. The zero-order chi connectivity index (χ0) is 16.5. The Morgan fingerprint density at radius 1 is 1.08 bits per heavy atom. The van der Waals surface area contributed by atoms with Crippen LogP contribution in [0.5, 0.6) is 0 Å². The first-order valence-corrected chi connectivity index (χ1v) is 9.30. The molecule has 1 atom stereocenters. The fourth-order valence-electron chi connectivity index (χ4n) is 4.15. The topological polar surface area (TPSA) is 22.6 Å². The molecule has 128 valence electrons. The fraction of sp³-hybridized carbons (Fsp3) is 0.526. The minimum atomic E-state index is 0.735. The van der Waals surface area contributed by atoms with Gasteiger partial charge in [0, 0.05) is 61.1 Å². The number of likely N-dealkylation sites (tertiary alicyclic amines) is 1. The van der Waals surface area contributed by atoms with Gasteiger partial charge in [-0.3, -0.25) is 9.88 Å². The lowest BCUT2D eigenvalue weighted by Gasteiger charge is -2.43. The Balaban J connectivity index is 1.48. The van der Waals surface area contributed by atoms with Gasteiger partial charge in [0.15, 0.2) is 0 Å². The van der Waals surface area contributed by atoms with Gasteiger partial charge < -0.3 is 9.80 Å². The quantitative estimate of drug-likeness (QED) is 0.835. The molecule has 2 fully saturated rings. The number of benzene rings is 1. The van der Waals surface area contributed by atoms with E-state index in [1.807, 2.05) is 18.3 Å². The summed E-state index contributed by atoms with van der Waals surface area (Å²) in [5.41, 5.74) is 2.27. The Hall–Kier alpha value is -1.36. The number of rotatable bonds is 2. The van der Waals surface area contributed by atoms with Crippen molar-refractivity contribution in [1.82, 2.24) is 14.8 Å². The highest BCUT2D eigenvalue weighted by molar-refractivity contribution is 6.31. The van der Waals surface area contributed by atoms with Crippen molar-refractivity contribution in [2.75, 3.05) is 51.2 Å². The van der Waals surface area contributed by atoms with Gasteiger partial charge in [0.2, 0.25) is 0 Å². The molecule has 2 aliphatic rings. The number of piperidine rings is 1. The highest BCUT2D eigenvalue weighted by Crippen LogP contribution is 2.28. The number of nitrogens with zero attached hydrogens (tertiary/aromatic N) is 4. The Bertz CT molecular complexity index is 712. The molecule has 2 saturated heterocycles. The Morgan fingerprint density at radius 3 is 2.71 bits per heavy atom. The molecular formula is C19H25ClN4. The van der Waals surface area contributed by atoms with E-state index in [-0.39, 0.29) is 0 Å². The molecule has 5 heteroatoms. The lowest BCUT2D eigenvalue weighted by molar-refractivity contribution is 0.107. The van der Waals surface area contributed by atoms with Crippen LogP contribution in [-0.4, -0.2) is 67.1 Å². The maximum atomic E-state index is 6.11. The summed E-state index contributed by atoms with van der Waals surface area (Å²) in [6, 6.07) is 8.89. The molecule has 0 radical (unpaired) electrons. The molecule has 0 N–H and O–H groups in total. The van der Waals surface area contributed by atoms with Crippen LogP contribution < -0.4 is 4.90 Å². The van der Waals surface area contributed by atoms with Crippen LogP contribution in [0.25, 0.3) is 10.9 Å². The van der Waals surface area contributed by atoms with Gasteiger partial charge >= 0.3 is 0 Å². The van der Waals surface area contributed by atoms with Crippen LogP contribution in [0.4, 0.5) is 5.69 Å². The molecule has 1 unspecified atom stereocenters. The Labute approximate surface area is 149 Å². The first-order valence-electron chi connectivity index (χ1n) is 8.92. The van der Waals surface area contributed by atoms with E-state index in [4.69, 9.17) is 11.6 Å². The van der Waals surface area contributed by atoms with Crippen molar-refractivity contribution in [3.63, 3.8) is 0 Å². The summed E-state index contributed by atoms with van der Waals surface area (Å²) >= 11 is 6.11. The number of fused-ring (bicyclic) bond motifs is 1. The molecule has 0 amide bonds. The Kier molecular flexibility index (Phi) is 4.61. The minimum Gasteiger partial charge on any atom is -0.368 e. The van der Waals surface area contributed by atoms with Gasteiger partial charge in [0.1, 0.15) is 0 Å². The van der Waals surface area contributed by atoms with Crippen molar-refractivity contribution in [3.05, 3.63) is 35.5 Å². The molecule has 0 saturated carbocycles. The van der Waals surface area contributed by atoms with E-state index in [0.717, 1.165) is 42.8 Å². The fourth-order valence-corrected chi connectivity index (χ4v) is 4.31. The Morgan fingerprint density at radius 2 is 1.92 bits per heavy atom. The third-order valence-electron chi connectivity index (χ3n) is 5.45. The van der Waals surface area contributed by atoms with Gasteiger partial charge in [-0.25, -0.2) is 0 Å². The van der Waals surface area contributed by atoms with Crippen LogP contribution in [0, 0.1) is 0 Å². The van der Waals surface area contributed by atoms with Crippen molar-refractivity contribution in [3.8, 4) is 0 Å². The molecule has 1 aromatic carbocycles. The van der Waals surface area contributed by atoms with E-state index in [1.54, 1.807) is 0 Å². The van der Waals surface area contributed by atoms with Crippen molar-refractivity contribution in [2.24, 2.45) is 0 Å². The van der Waals surface area contributed by atoms with E-state index >= 15 is 0 Å². The van der Waals surface area contributed by atoms with Crippen LogP contribution >= 0.6 is 11.6 Å². The van der Waals surface area contributed by atoms with Crippen LogP contribution in [-0.2, 0) is 0 Å². The molecule has 2 aliphatic heterocycles. The van der Waals surface area contributed by atoms with E-state index in [9.17, 15) is 0 Å². The first-order chi connectivity index (χ1) is 11.7. The van der Waals surface area contributed by atoms with Gasteiger partial charge in [0.05, 0.1) is 5.52 Å². The van der Waals surface area contributed by atoms with E-state index < -0.39 is 0 Å². The second-order valence-corrected chi connectivity index (χ2v) is 7.51. The number of likely N-dealkylation sites (N-methyl/N-ethyl adjacent to an activating group) is 1. The van der Waals surface area contributed by atoms with Gasteiger partial charge in [-0.2, -0.15) is 0 Å². The summed E-state index contributed by atoms with van der Waals surface area (Å²) in [4.78, 5) is 12.1. The average Bonchev–Trinajstić information content (AvgIpc) is 2.61. The highest BCUT2D eigenvalue weighted by atomic mass is 35.5. The number of hydrogen-bond acceptors (Lipinski definition) is 4. The van der Waals surface area contributed by atoms with Gasteiger partial charge in [-0.15, -0.1) is 0 Å². The lowest BCUT2D eigenvalue weighted by atomic mass is 10.0. The van der Waals surface area contributed by atoms with Gasteiger partial charge in [-0.05, 0) is 50.7 Å². The van der Waals surface area contributed by atoms with E-state index in [1.165, 1.54) is 37.0 Å². The molecule has 0 spiro atoms. The van der Waals surface area contributed by atoms with Crippen molar-refractivity contribution in [1.29, 1.82) is 0 Å². The van der Waals surface area contributed by atoms with Crippen molar-refractivity contribution < 1.29 is 0 Å². The second kappa shape index (κ2) is 6.87. The maximum Gasteiger partial charge on any atom is 0.0737 e. The monoisotopic (exact) mass is 344 g/mol. The third kappa shape index (κ3) is 3.23. The molecule has 4 nitrogen and oxygen atoms in total. The van der Waals surface area contributed by atoms with Crippen molar-refractivity contribution >= 4 is 28.2 Å². The molecule has 1 aromatic heterocycles. The molecule has 24 heavy (non-hydrogen) atoms. The molecular weight excluding hydrogens is 320 g/mol. The third-order valence-corrected chi connectivity index (χ3v) is 5.69. The molecule has 2 aromatic rings. The predicted molar refractivity (Wildman–Crippen MR) is 101 cm³/mol. The normalized spacial score (nSPS) is 23.8. The largest absolute Gasteiger partial charge is 0.368 e. The van der Waals surface area contributed by atoms with Crippen LogP contribution in [0.1, 0.15) is 12.8 Å². The van der Waals surface area contributed by atoms with Crippen molar-refractivity contribution in [2.45, 2.75) is 18.9 Å². The molecule has 0 aliphatic carbocycles. The number of anilines is 1. The summed E-state index contributed by atoms with van der Waals surface area (Å²) < 4.78 is 0. The van der Waals surface area contributed by atoms with Crippen LogP contribution in [0.2, 0.25) is 5.02 Å². The summed E-state index contributed by atoms with van der Waals surface area (Å²) in [5, 5.41) is 1.95. The highest BCUT2D eigenvalue weighted by Gasteiger charge is 2.27. The van der Waals surface area contributed by atoms with Crippen LogP contribution in [0.3, 0.4) is 0 Å². The number of halogens is 1. The lowest BCUT2D eigenvalue weighted by Crippen LogP contribution is -2.54. The standard InChI is InChI=1S/C19H25ClN4/c1-22-8-2-3-16(14-22)23-9-11-24(12-10-23)19-6-7-21-18-13-15(20)4-5-17(18)19/h4-7,13,16H,2-3,8-12,14H2,1H3. The zero-order valence-electron chi connectivity index (χ0n) is 14.3. The van der Waals surface area contributed by atoms with Gasteiger partial charge in [0.25, 0.3) is 0 Å². The number of piperazine rings is 1. The van der Waals surface area contributed by atoms with Gasteiger partial charge in [-0.1, -0.05) is 11.6 Å². The summed E-state index contributed by atoms with van der Waals surface area (Å²) in [6.45, 7) is 6.94. The summed E-state index contributed by atoms with van der Waals surface area (Å²) in [5.74, 6) is 0. The zero-order valence-corrected chi connectivity index (χ0v) is 15.0. The van der Waals surface area contributed by atoms with E-state index in [0.29, 0.717) is 0 Å². The van der Waals surface area contributed by atoms with E-state index in [2.05, 4.69) is 38.9 Å². The first kappa shape index (κ1) is 16.1. The number of pyridine rings is 1. The molecule has 3 heterocycles. The average molecular weight is 345 g/mol.